The highest BCUT2D eigenvalue weighted by Crippen LogP contribution is 2.37. The lowest BCUT2D eigenvalue weighted by Gasteiger charge is -2.13. The van der Waals surface area contributed by atoms with Crippen LogP contribution in [0, 0.1) is 6.92 Å². The molecule has 136 valence electrons. The van der Waals surface area contributed by atoms with Crippen molar-refractivity contribution in [2.24, 2.45) is 0 Å². The summed E-state index contributed by atoms with van der Waals surface area (Å²) >= 11 is 0. The average molecular weight is 344 g/mol. The Hall–Kier alpha value is -2.20. The fourth-order valence-corrected chi connectivity index (χ4v) is 2.81. The molecule has 0 fully saturated rings. The predicted octanol–water partition coefficient (Wildman–Crippen LogP) is 5.13. The summed E-state index contributed by atoms with van der Waals surface area (Å²) in [7, 11) is 3.06. The number of aryl methyl sites for hydroxylation is 2. The summed E-state index contributed by atoms with van der Waals surface area (Å²) in [6, 6.07) is 14.1. The Morgan fingerprint density at radius 3 is 2.32 bits per heavy atom. The van der Waals surface area contributed by atoms with Gasteiger partial charge in [0.25, 0.3) is 0 Å². The molecule has 0 aliphatic heterocycles. The summed E-state index contributed by atoms with van der Waals surface area (Å²) in [5.74, 6) is 1.75. The topological polar surface area (TPSA) is 36.9 Å². The maximum absolute atomic E-state index is 5.84. The van der Waals surface area contributed by atoms with Crippen LogP contribution in [-0.4, -0.2) is 20.8 Å². The quantitative estimate of drug-likeness (QED) is 0.322. The van der Waals surface area contributed by atoms with Crippen molar-refractivity contribution in [3.05, 3.63) is 53.6 Å². The number of rotatable bonds is 11. The van der Waals surface area contributed by atoms with Gasteiger partial charge in [0.2, 0.25) is 11.5 Å². The lowest BCUT2D eigenvalue weighted by Crippen LogP contribution is -2.01. The van der Waals surface area contributed by atoms with Gasteiger partial charge in [0.15, 0.2) is 5.75 Å². The highest BCUT2D eigenvalue weighted by Gasteiger charge is 2.12. The van der Waals surface area contributed by atoms with Gasteiger partial charge in [0.05, 0.1) is 20.8 Å². The van der Waals surface area contributed by atoms with Gasteiger partial charge in [0.1, 0.15) is 0 Å². The summed E-state index contributed by atoms with van der Waals surface area (Å²) in [6.07, 6.45) is 5.75. The zero-order valence-electron chi connectivity index (χ0n) is 15.4. The van der Waals surface area contributed by atoms with Crippen molar-refractivity contribution in [3.63, 3.8) is 0 Å². The summed E-state index contributed by atoms with van der Waals surface area (Å²) < 4.78 is 11.2. The molecular formula is C21H28O4. The van der Waals surface area contributed by atoms with E-state index in [0.717, 1.165) is 19.3 Å². The van der Waals surface area contributed by atoms with E-state index in [4.69, 9.17) is 19.2 Å². The van der Waals surface area contributed by atoms with Crippen LogP contribution in [0.3, 0.4) is 0 Å². The first-order valence-corrected chi connectivity index (χ1v) is 8.81. The third-order valence-corrected chi connectivity index (χ3v) is 4.18. The highest BCUT2D eigenvalue weighted by molar-refractivity contribution is 5.50. The number of ether oxygens (including phenoxy) is 2. The van der Waals surface area contributed by atoms with Crippen molar-refractivity contribution in [2.45, 2.75) is 39.0 Å². The molecule has 0 bridgehead atoms. The molecule has 2 rings (SSSR count). The van der Waals surface area contributed by atoms with Gasteiger partial charge in [-0.1, -0.05) is 43.2 Å². The molecule has 25 heavy (non-hydrogen) atoms. The van der Waals surface area contributed by atoms with Gasteiger partial charge in [-0.15, -0.1) is 0 Å². The van der Waals surface area contributed by atoms with E-state index in [2.05, 4.69) is 31.2 Å². The maximum Gasteiger partial charge on any atom is 0.211 e. The molecule has 4 heteroatoms. The summed E-state index contributed by atoms with van der Waals surface area (Å²) in [5.41, 5.74) is 2.84. The Balaban J connectivity index is 1.68. The van der Waals surface area contributed by atoms with Crippen LogP contribution in [0.15, 0.2) is 42.5 Å². The van der Waals surface area contributed by atoms with Gasteiger partial charge >= 0.3 is 0 Å². The van der Waals surface area contributed by atoms with E-state index in [1.807, 2.05) is 12.1 Å². The monoisotopic (exact) mass is 344 g/mol. The highest BCUT2D eigenvalue weighted by atomic mass is 17.2. The van der Waals surface area contributed by atoms with Crippen molar-refractivity contribution in [1.29, 1.82) is 0 Å². The van der Waals surface area contributed by atoms with Crippen LogP contribution in [0.5, 0.6) is 17.2 Å². The molecule has 0 radical (unpaired) electrons. The molecule has 0 aliphatic carbocycles. The second-order valence-corrected chi connectivity index (χ2v) is 5.98. The molecule has 0 amide bonds. The molecule has 0 saturated carbocycles. The van der Waals surface area contributed by atoms with Crippen molar-refractivity contribution in [2.75, 3.05) is 20.8 Å². The van der Waals surface area contributed by atoms with E-state index in [0.29, 0.717) is 23.9 Å². The Labute approximate surface area is 150 Å². The van der Waals surface area contributed by atoms with Gasteiger partial charge in [0, 0.05) is 0 Å². The molecule has 0 N–H and O–H groups in total. The third kappa shape index (κ3) is 5.98. The van der Waals surface area contributed by atoms with Crippen LogP contribution in [0.1, 0.15) is 36.8 Å². The molecule has 0 atom stereocenters. The van der Waals surface area contributed by atoms with Gasteiger partial charge in [-0.25, -0.2) is 0 Å². The first-order valence-electron chi connectivity index (χ1n) is 8.81. The number of para-hydroxylation sites is 1. The number of unbranched alkanes of at least 4 members (excludes halogenated alkanes) is 3. The van der Waals surface area contributed by atoms with Crippen LogP contribution >= 0.6 is 0 Å². The first-order chi connectivity index (χ1) is 12.3. The standard InChI is InChI=1S/C21H28O4/c1-17-11-7-8-13-18(17)12-6-4-5-9-16-24-19-14-10-15-20(25-23-3)21(19)22-2/h7-8,10-11,13-15H,4-6,9,12,16H2,1-3H3. The van der Waals surface area contributed by atoms with Crippen molar-refractivity contribution in [3.8, 4) is 17.2 Å². The molecule has 2 aromatic carbocycles. The van der Waals surface area contributed by atoms with Crippen LogP contribution in [-0.2, 0) is 11.3 Å². The van der Waals surface area contributed by atoms with E-state index in [-0.39, 0.29) is 0 Å². The number of methoxy groups -OCH3 is 1. The van der Waals surface area contributed by atoms with Gasteiger partial charge in [-0.05, 0) is 49.4 Å². The lowest BCUT2D eigenvalue weighted by atomic mass is 10.0. The number of benzene rings is 2. The van der Waals surface area contributed by atoms with Crippen molar-refractivity contribution in [1.82, 2.24) is 0 Å². The van der Waals surface area contributed by atoms with Crippen LogP contribution in [0.25, 0.3) is 0 Å². The summed E-state index contributed by atoms with van der Waals surface area (Å²) in [5, 5.41) is 0. The molecule has 0 saturated heterocycles. The fourth-order valence-electron chi connectivity index (χ4n) is 2.81. The van der Waals surface area contributed by atoms with Crippen LogP contribution in [0.4, 0.5) is 0 Å². The number of hydrogen-bond donors (Lipinski definition) is 0. The minimum atomic E-state index is 0.515. The predicted molar refractivity (Wildman–Crippen MR) is 99.5 cm³/mol. The maximum atomic E-state index is 5.84. The third-order valence-electron chi connectivity index (χ3n) is 4.18. The van der Waals surface area contributed by atoms with Crippen molar-refractivity contribution < 1.29 is 19.2 Å². The van der Waals surface area contributed by atoms with E-state index in [1.54, 1.807) is 13.2 Å². The lowest BCUT2D eigenvalue weighted by molar-refractivity contribution is -0.179. The van der Waals surface area contributed by atoms with E-state index in [1.165, 1.54) is 31.1 Å². The van der Waals surface area contributed by atoms with E-state index < -0.39 is 0 Å². The zero-order valence-corrected chi connectivity index (χ0v) is 15.4. The molecule has 0 spiro atoms. The first kappa shape index (κ1) is 19.1. The second-order valence-electron chi connectivity index (χ2n) is 5.98. The van der Waals surface area contributed by atoms with E-state index >= 15 is 0 Å². The van der Waals surface area contributed by atoms with Gasteiger partial charge in [-0.2, -0.15) is 4.89 Å². The smallest absolute Gasteiger partial charge is 0.211 e. The summed E-state index contributed by atoms with van der Waals surface area (Å²) in [4.78, 5) is 9.78. The van der Waals surface area contributed by atoms with Crippen LogP contribution in [0.2, 0.25) is 0 Å². The molecule has 0 unspecified atom stereocenters. The van der Waals surface area contributed by atoms with Crippen molar-refractivity contribution >= 4 is 0 Å². The zero-order chi connectivity index (χ0) is 17.9. The minimum Gasteiger partial charge on any atom is -0.490 e. The summed E-state index contributed by atoms with van der Waals surface area (Å²) in [6.45, 7) is 2.84. The normalized spacial score (nSPS) is 10.5. The Kier molecular flexibility index (Phi) is 8.13. The molecular weight excluding hydrogens is 316 g/mol. The Morgan fingerprint density at radius 2 is 1.56 bits per heavy atom. The molecule has 4 nitrogen and oxygen atoms in total. The molecule has 0 aromatic heterocycles. The molecule has 2 aromatic rings. The molecule has 0 heterocycles. The fraction of sp³-hybridized carbons (Fsp3) is 0.429. The largest absolute Gasteiger partial charge is 0.490 e. The Bertz CT molecular complexity index is 640. The minimum absolute atomic E-state index is 0.515. The SMILES string of the molecule is COOc1cccc(OCCCCCCc2ccccc2C)c1OC. The number of hydrogen-bond acceptors (Lipinski definition) is 4. The van der Waals surface area contributed by atoms with Gasteiger partial charge < -0.3 is 14.4 Å². The Morgan fingerprint density at radius 1 is 0.800 bits per heavy atom. The van der Waals surface area contributed by atoms with E-state index in [9.17, 15) is 0 Å². The second kappa shape index (κ2) is 10.6. The molecule has 0 aliphatic rings. The average Bonchev–Trinajstić information content (AvgIpc) is 2.63. The van der Waals surface area contributed by atoms with Crippen LogP contribution < -0.4 is 14.4 Å². The van der Waals surface area contributed by atoms with Gasteiger partial charge in [-0.3, -0.25) is 0 Å².